The summed E-state index contributed by atoms with van der Waals surface area (Å²) < 4.78 is 25.4. The van der Waals surface area contributed by atoms with E-state index in [1.807, 2.05) is 12.1 Å². The highest BCUT2D eigenvalue weighted by Gasteiger charge is 2.15. The van der Waals surface area contributed by atoms with E-state index in [2.05, 4.69) is 15.5 Å². The van der Waals surface area contributed by atoms with Gasteiger partial charge in [0.2, 0.25) is 11.1 Å². The van der Waals surface area contributed by atoms with Crippen LogP contribution in [0, 0.1) is 5.82 Å². The minimum atomic E-state index is -0.389. The Balaban J connectivity index is 1.62. The summed E-state index contributed by atoms with van der Waals surface area (Å²) in [6, 6.07) is 11.4. The molecule has 29 heavy (non-hydrogen) atoms. The molecule has 0 aliphatic rings. The number of amides is 1. The molecule has 2 aromatic carbocycles. The first-order valence-corrected chi connectivity index (χ1v) is 9.62. The van der Waals surface area contributed by atoms with Gasteiger partial charge in [0.05, 0.1) is 25.7 Å². The van der Waals surface area contributed by atoms with Crippen LogP contribution in [0.1, 0.15) is 5.56 Å². The Morgan fingerprint density at radius 2 is 1.97 bits per heavy atom. The lowest BCUT2D eigenvalue weighted by Crippen LogP contribution is -2.28. The van der Waals surface area contributed by atoms with Gasteiger partial charge in [0.25, 0.3) is 0 Å². The minimum absolute atomic E-state index is 0.0985. The van der Waals surface area contributed by atoms with E-state index in [0.717, 1.165) is 5.56 Å². The molecule has 1 heterocycles. The van der Waals surface area contributed by atoms with Gasteiger partial charge in [-0.15, -0.1) is 5.10 Å². The molecule has 0 aliphatic carbocycles. The SMILES string of the molecule is COc1ccc(CN(C)C(=O)CSc2nnnn2-c2cccc(F)c2)cc1OC. The fourth-order valence-corrected chi connectivity index (χ4v) is 3.45. The van der Waals surface area contributed by atoms with Crippen molar-refractivity contribution in [3.8, 4) is 17.2 Å². The molecule has 1 amide bonds. The first-order chi connectivity index (χ1) is 14.0. The first kappa shape index (κ1) is 20.6. The Kier molecular flexibility index (Phi) is 6.65. The smallest absolute Gasteiger partial charge is 0.233 e. The van der Waals surface area contributed by atoms with Crippen LogP contribution in [0.3, 0.4) is 0 Å². The zero-order chi connectivity index (χ0) is 20.8. The standard InChI is InChI=1S/C19H20FN5O3S/c1-24(11-13-7-8-16(27-2)17(9-13)28-3)18(26)12-29-19-21-22-23-25(19)15-6-4-5-14(20)10-15/h4-10H,11-12H2,1-3H3. The van der Waals surface area contributed by atoms with E-state index in [-0.39, 0.29) is 17.5 Å². The molecule has 0 aliphatic heterocycles. The number of ether oxygens (including phenoxy) is 2. The summed E-state index contributed by atoms with van der Waals surface area (Å²) in [5, 5.41) is 11.8. The summed E-state index contributed by atoms with van der Waals surface area (Å²) >= 11 is 1.18. The van der Waals surface area contributed by atoms with Crippen molar-refractivity contribution in [2.24, 2.45) is 0 Å². The molecule has 0 saturated carbocycles. The highest BCUT2D eigenvalue weighted by Crippen LogP contribution is 2.28. The van der Waals surface area contributed by atoms with Crippen LogP contribution in [0.2, 0.25) is 0 Å². The molecule has 0 spiro atoms. The van der Waals surface area contributed by atoms with Crippen LogP contribution in [-0.4, -0.2) is 58.0 Å². The Morgan fingerprint density at radius 3 is 2.69 bits per heavy atom. The molecule has 8 nitrogen and oxygen atoms in total. The van der Waals surface area contributed by atoms with E-state index >= 15 is 0 Å². The number of carbonyl (C=O) groups excluding carboxylic acids is 1. The Hall–Kier alpha value is -3.14. The third kappa shape index (κ3) is 5.02. The van der Waals surface area contributed by atoms with Crippen molar-refractivity contribution < 1.29 is 18.7 Å². The van der Waals surface area contributed by atoms with Crippen molar-refractivity contribution in [1.82, 2.24) is 25.1 Å². The molecule has 0 unspecified atom stereocenters. The fraction of sp³-hybridized carbons (Fsp3) is 0.263. The molecule has 0 bridgehead atoms. The van der Waals surface area contributed by atoms with Crippen molar-refractivity contribution in [1.29, 1.82) is 0 Å². The lowest BCUT2D eigenvalue weighted by atomic mass is 10.2. The van der Waals surface area contributed by atoms with Crippen LogP contribution in [0.25, 0.3) is 5.69 Å². The van der Waals surface area contributed by atoms with Crippen molar-refractivity contribution in [3.05, 3.63) is 53.8 Å². The van der Waals surface area contributed by atoms with E-state index < -0.39 is 0 Å². The van der Waals surface area contributed by atoms with E-state index in [1.54, 1.807) is 44.4 Å². The van der Waals surface area contributed by atoms with Crippen LogP contribution >= 0.6 is 11.8 Å². The van der Waals surface area contributed by atoms with Crippen molar-refractivity contribution >= 4 is 17.7 Å². The molecule has 152 valence electrons. The van der Waals surface area contributed by atoms with Crippen LogP contribution in [0.4, 0.5) is 4.39 Å². The van der Waals surface area contributed by atoms with E-state index in [1.165, 1.54) is 28.6 Å². The third-order valence-corrected chi connectivity index (χ3v) is 5.02. The summed E-state index contributed by atoms with van der Waals surface area (Å²) in [6.45, 7) is 0.411. The Morgan fingerprint density at radius 1 is 1.17 bits per heavy atom. The van der Waals surface area contributed by atoms with Crippen LogP contribution < -0.4 is 9.47 Å². The molecule has 0 atom stereocenters. The van der Waals surface area contributed by atoms with Gasteiger partial charge in [0.15, 0.2) is 11.5 Å². The lowest BCUT2D eigenvalue weighted by Gasteiger charge is -2.18. The highest BCUT2D eigenvalue weighted by atomic mass is 32.2. The number of tetrazole rings is 1. The van der Waals surface area contributed by atoms with Crippen molar-refractivity contribution in [2.75, 3.05) is 27.0 Å². The second kappa shape index (κ2) is 9.37. The van der Waals surface area contributed by atoms with Crippen molar-refractivity contribution in [3.63, 3.8) is 0 Å². The number of methoxy groups -OCH3 is 2. The molecular weight excluding hydrogens is 397 g/mol. The van der Waals surface area contributed by atoms with Crippen LogP contribution in [0.15, 0.2) is 47.6 Å². The Bertz CT molecular complexity index is 997. The quantitative estimate of drug-likeness (QED) is 0.521. The second-order valence-electron chi connectivity index (χ2n) is 6.08. The number of rotatable bonds is 8. The number of benzene rings is 2. The number of aromatic nitrogens is 4. The molecule has 3 aromatic rings. The number of hydrogen-bond donors (Lipinski definition) is 0. The van der Waals surface area contributed by atoms with Crippen molar-refractivity contribution in [2.45, 2.75) is 11.7 Å². The lowest BCUT2D eigenvalue weighted by molar-refractivity contribution is -0.127. The molecule has 0 radical (unpaired) electrons. The maximum Gasteiger partial charge on any atom is 0.233 e. The monoisotopic (exact) mass is 417 g/mol. The van der Waals surface area contributed by atoms with Gasteiger partial charge < -0.3 is 14.4 Å². The van der Waals surface area contributed by atoms with Gasteiger partial charge in [-0.05, 0) is 46.3 Å². The largest absolute Gasteiger partial charge is 0.493 e. The zero-order valence-electron chi connectivity index (χ0n) is 16.2. The maximum atomic E-state index is 13.5. The van der Waals surface area contributed by atoms with E-state index in [9.17, 15) is 9.18 Å². The summed E-state index contributed by atoms with van der Waals surface area (Å²) in [7, 11) is 4.85. The predicted molar refractivity (Wildman–Crippen MR) is 106 cm³/mol. The predicted octanol–water partition coefficient (Wildman–Crippen LogP) is 2.57. The normalized spacial score (nSPS) is 10.6. The average Bonchev–Trinajstić information content (AvgIpc) is 3.20. The number of thioether (sulfide) groups is 1. The van der Waals surface area contributed by atoms with Gasteiger partial charge in [-0.2, -0.15) is 4.68 Å². The van der Waals surface area contributed by atoms with Gasteiger partial charge in [0, 0.05) is 13.6 Å². The van der Waals surface area contributed by atoms with Crippen LogP contribution in [-0.2, 0) is 11.3 Å². The minimum Gasteiger partial charge on any atom is -0.493 e. The summed E-state index contributed by atoms with van der Waals surface area (Å²) in [5.41, 5.74) is 1.40. The molecule has 1 aromatic heterocycles. The van der Waals surface area contributed by atoms with Gasteiger partial charge in [-0.25, -0.2) is 4.39 Å². The molecule has 10 heteroatoms. The molecule has 0 saturated heterocycles. The summed E-state index contributed by atoms with van der Waals surface area (Å²) in [4.78, 5) is 14.1. The zero-order valence-corrected chi connectivity index (χ0v) is 17.0. The molecule has 3 rings (SSSR count). The average molecular weight is 417 g/mol. The van der Waals surface area contributed by atoms with Gasteiger partial charge in [-0.3, -0.25) is 4.79 Å². The number of carbonyl (C=O) groups is 1. The first-order valence-electron chi connectivity index (χ1n) is 8.64. The van der Waals surface area contributed by atoms with E-state index in [4.69, 9.17) is 9.47 Å². The number of halogens is 1. The summed E-state index contributed by atoms with van der Waals surface area (Å²) in [5.74, 6) is 0.886. The topological polar surface area (TPSA) is 82.4 Å². The van der Waals surface area contributed by atoms with Crippen LogP contribution in [0.5, 0.6) is 11.5 Å². The third-order valence-electron chi connectivity index (χ3n) is 4.11. The molecule has 0 fully saturated rings. The Labute approximate surface area is 171 Å². The molecular formula is C19H20FN5O3S. The number of nitrogens with zero attached hydrogens (tertiary/aromatic N) is 5. The second-order valence-corrected chi connectivity index (χ2v) is 7.02. The summed E-state index contributed by atoms with van der Waals surface area (Å²) in [6.07, 6.45) is 0. The van der Waals surface area contributed by atoms with Gasteiger partial charge in [-0.1, -0.05) is 23.9 Å². The van der Waals surface area contributed by atoms with Gasteiger partial charge >= 0.3 is 0 Å². The van der Waals surface area contributed by atoms with E-state index in [0.29, 0.717) is 28.9 Å². The number of hydrogen-bond acceptors (Lipinski definition) is 7. The fourth-order valence-electron chi connectivity index (χ4n) is 2.62. The van der Waals surface area contributed by atoms with Gasteiger partial charge in [0.1, 0.15) is 5.82 Å². The highest BCUT2D eigenvalue weighted by molar-refractivity contribution is 7.99. The maximum absolute atomic E-state index is 13.5. The molecule has 0 N–H and O–H groups in total.